The van der Waals surface area contributed by atoms with Gasteiger partial charge in [-0.05, 0) is 17.2 Å². The largest absolute Gasteiger partial charge is 0.493 e. The molecule has 2 aliphatic rings. The molecule has 2 aliphatic heterocycles. The van der Waals surface area contributed by atoms with E-state index in [2.05, 4.69) is 12.0 Å². The topological polar surface area (TPSA) is 29.5 Å². The lowest BCUT2D eigenvalue weighted by atomic mass is 10.1. The summed E-state index contributed by atoms with van der Waals surface area (Å²) in [5.74, 6) is 3.89. The normalized spacial score (nSPS) is 21.6. The van der Waals surface area contributed by atoms with E-state index in [1.165, 1.54) is 5.56 Å². The first kappa shape index (κ1) is 11.2. The zero-order valence-corrected chi connectivity index (χ0v) is 10.2. The van der Waals surface area contributed by atoms with Crippen molar-refractivity contribution in [3.63, 3.8) is 0 Å². The van der Waals surface area contributed by atoms with Crippen LogP contribution in [0.5, 0.6) is 5.75 Å². The smallest absolute Gasteiger partial charge is 0.224 e. The average Bonchev–Trinajstić information content (AvgIpc) is 2.96. The van der Waals surface area contributed by atoms with E-state index >= 15 is 0 Å². The third-order valence-electron chi connectivity index (χ3n) is 3.58. The van der Waals surface area contributed by atoms with Gasteiger partial charge in [0.25, 0.3) is 0 Å². The SMILES string of the molecule is C#CC1CC(=O)N(Cc2ccc3c(c2)CCO3)C1. The first-order valence-electron chi connectivity index (χ1n) is 6.25. The number of hydrogen-bond acceptors (Lipinski definition) is 2. The maximum atomic E-state index is 11.8. The minimum absolute atomic E-state index is 0.0789. The van der Waals surface area contributed by atoms with Gasteiger partial charge in [-0.15, -0.1) is 12.3 Å². The van der Waals surface area contributed by atoms with Crippen LogP contribution in [0.4, 0.5) is 0 Å². The minimum atomic E-state index is 0.0789. The molecule has 92 valence electrons. The van der Waals surface area contributed by atoms with E-state index in [4.69, 9.17) is 11.2 Å². The van der Waals surface area contributed by atoms with Crippen molar-refractivity contribution in [2.75, 3.05) is 13.2 Å². The summed E-state index contributed by atoms with van der Waals surface area (Å²) in [6.07, 6.45) is 6.83. The Labute approximate surface area is 107 Å². The van der Waals surface area contributed by atoms with Gasteiger partial charge in [0.05, 0.1) is 6.61 Å². The molecule has 0 N–H and O–H groups in total. The van der Waals surface area contributed by atoms with Gasteiger partial charge in [0, 0.05) is 31.8 Å². The van der Waals surface area contributed by atoms with Crippen molar-refractivity contribution >= 4 is 5.91 Å². The quantitative estimate of drug-likeness (QED) is 0.736. The van der Waals surface area contributed by atoms with Crippen molar-refractivity contribution in [2.45, 2.75) is 19.4 Å². The molecule has 0 saturated carbocycles. The second-order valence-corrected chi connectivity index (χ2v) is 4.88. The molecule has 18 heavy (non-hydrogen) atoms. The Balaban J connectivity index is 1.74. The van der Waals surface area contributed by atoms with Crippen molar-refractivity contribution < 1.29 is 9.53 Å². The molecule has 1 fully saturated rings. The number of benzene rings is 1. The maximum absolute atomic E-state index is 11.8. The van der Waals surface area contributed by atoms with Crippen LogP contribution in [0.15, 0.2) is 18.2 Å². The second kappa shape index (κ2) is 4.38. The Hall–Kier alpha value is -1.95. The predicted molar refractivity (Wildman–Crippen MR) is 68.0 cm³/mol. The fourth-order valence-electron chi connectivity index (χ4n) is 2.60. The molecule has 1 aromatic rings. The van der Waals surface area contributed by atoms with Gasteiger partial charge < -0.3 is 9.64 Å². The summed E-state index contributed by atoms with van der Waals surface area (Å²) in [6, 6.07) is 6.16. The molecule has 1 saturated heterocycles. The van der Waals surface area contributed by atoms with Crippen molar-refractivity contribution in [1.82, 2.24) is 4.90 Å². The van der Waals surface area contributed by atoms with Crippen LogP contribution in [0.1, 0.15) is 17.5 Å². The first-order chi connectivity index (χ1) is 8.76. The van der Waals surface area contributed by atoms with Crippen LogP contribution in [0, 0.1) is 18.3 Å². The zero-order chi connectivity index (χ0) is 12.5. The number of hydrogen-bond donors (Lipinski definition) is 0. The number of amides is 1. The van der Waals surface area contributed by atoms with Crippen LogP contribution in [-0.4, -0.2) is 24.0 Å². The number of terminal acetylenes is 1. The molecule has 0 aromatic heterocycles. The molecule has 0 bridgehead atoms. The van der Waals surface area contributed by atoms with Crippen LogP contribution in [0.3, 0.4) is 0 Å². The number of ether oxygens (including phenoxy) is 1. The molecule has 3 nitrogen and oxygen atoms in total. The number of nitrogens with zero attached hydrogens (tertiary/aromatic N) is 1. The summed E-state index contributed by atoms with van der Waals surface area (Å²) < 4.78 is 5.47. The molecular formula is C15H15NO2. The number of likely N-dealkylation sites (tertiary alicyclic amines) is 1. The van der Waals surface area contributed by atoms with Crippen LogP contribution in [0.25, 0.3) is 0 Å². The summed E-state index contributed by atoms with van der Waals surface area (Å²) in [7, 11) is 0. The summed E-state index contributed by atoms with van der Waals surface area (Å²) in [4.78, 5) is 13.6. The molecule has 3 rings (SSSR count). The van der Waals surface area contributed by atoms with Gasteiger partial charge in [0.2, 0.25) is 5.91 Å². The zero-order valence-electron chi connectivity index (χ0n) is 10.2. The van der Waals surface area contributed by atoms with Gasteiger partial charge in [-0.2, -0.15) is 0 Å². The van der Waals surface area contributed by atoms with E-state index in [0.29, 0.717) is 19.5 Å². The lowest BCUT2D eigenvalue weighted by Gasteiger charge is -2.16. The Bertz CT molecular complexity index is 530. The molecular weight excluding hydrogens is 226 g/mol. The highest BCUT2D eigenvalue weighted by atomic mass is 16.5. The number of carbonyl (C=O) groups is 1. The number of rotatable bonds is 2. The Morgan fingerprint density at radius 1 is 1.50 bits per heavy atom. The van der Waals surface area contributed by atoms with Crippen LogP contribution in [0.2, 0.25) is 0 Å². The highest BCUT2D eigenvalue weighted by molar-refractivity contribution is 5.79. The first-order valence-corrected chi connectivity index (χ1v) is 6.25. The third-order valence-corrected chi connectivity index (χ3v) is 3.58. The van der Waals surface area contributed by atoms with Crippen LogP contribution in [-0.2, 0) is 17.8 Å². The van der Waals surface area contributed by atoms with E-state index in [-0.39, 0.29) is 11.8 Å². The lowest BCUT2D eigenvalue weighted by molar-refractivity contribution is -0.128. The summed E-state index contributed by atoms with van der Waals surface area (Å²) in [6.45, 7) is 2.10. The Morgan fingerprint density at radius 2 is 2.39 bits per heavy atom. The summed E-state index contributed by atoms with van der Waals surface area (Å²) in [5.41, 5.74) is 2.40. The van der Waals surface area contributed by atoms with E-state index in [0.717, 1.165) is 24.3 Å². The average molecular weight is 241 g/mol. The summed E-state index contributed by atoms with van der Waals surface area (Å²) >= 11 is 0. The predicted octanol–water partition coefficient (Wildman–Crippen LogP) is 1.60. The molecule has 1 unspecified atom stereocenters. The molecule has 2 heterocycles. The van der Waals surface area contributed by atoms with Gasteiger partial charge >= 0.3 is 0 Å². The van der Waals surface area contributed by atoms with E-state index in [1.54, 1.807) is 0 Å². The molecule has 0 radical (unpaired) electrons. The minimum Gasteiger partial charge on any atom is -0.493 e. The van der Waals surface area contributed by atoms with Crippen LogP contribution < -0.4 is 4.74 Å². The lowest BCUT2D eigenvalue weighted by Crippen LogP contribution is -2.24. The van der Waals surface area contributed by atoms with Crippen molar-refractivity contribution in [2.24, 2.45) is 5.92 Å². The number of fused-ring (bicyclic) bond motifs is 1. The van der Waals surface area contributed by atoms with Gasteiger partial charge in [-0.1, -0.05) is 12.1 Å². The van der Waals surface area contributed by atoms with Gasteiger partial charge in [-0.3, -0.25) is 4.79 Å². The maximum Gasteiger partial charge on any atom is 0.224 e. The standard InChI is InChI=1S/C15H15NO2/c1-2-11-8-15(17)16(9-11)10-12-3-4-14-13(7-12)5-6-18-14/h1,3-4,7,11H,5-6,8-10H2. The molecule has 0 aliphatic carbocycles. The fourth-order valence-corrected chi connectivity index (χ4v) is 2.60. The van der Waals surface area contributed by atoms with E-state index in [1.807, 2.05) is 17.0 Å². The molecule has 0 spiro atoms. The Kier molecular flexibility index (Phi) is 2.71. The van der Waals surface area contributed by atoms with Crippen molar-refractivity contribution in [3.05, 3.63) is 29.3 Å². The number of carbonyl (C=O) groups excluding carboxylic acids is 1. The highest BCUT2D eigenvalue weighted by Crippen LogP contribution is 2.27. The highest BCUT2D eigenvalue weighted by Gasteiger charge is 2.28. The molecule has 1 aromatic carbocycles. The van der Waals surface area contributed by atoms with Crippen molar-refractivity contribution in [3.8, 4) is 18.1 Å². The fraction of sp³-hybridized carbons (Fsp3) is 0.400. The third kappa shape index (κ3) is 1.95. The van der Waals surface area contributed by atoms with E-state index in [9.17, 15) is 4.79 Å². The second-order valence-electron chi connectivity index (χ2n) is 4.88. The monoisotopic (exact) mass is 241 g/mol. The van der Waals surface area contributed by atoms with Gasteiger partial charge in [-0.25, -0.2) is 0 Å². The van der Waals surface area contributed by atoms with E-state index < -0.39 is 0 Å². The molecule has 1 amide bonds. The molecule has 1 atom stereocenters. The summed E-state index contributed by atoms with van der Waals surface area (Å²) in [5, 5.41) is 0. The van der Waals surface area contributed by atoms with Gasteiger partial charge in [0.15, 0.2) is 0 Å². The van der Waals surface area contributed by atoms with Crippen molar-refractivity contribution in [1.29, 1.82) is 0 Å². The Morgan fingerprint density at radius 3 is 3.17 bits per heavy atom. The molecule has 3 heteroatoms. The van der Waals surface area contributed by atoms with Gasteiger partial charge in [0.1, 0.15) is 5.75 Å². The van der Waals surface area contributed by atoms with Crippen LogP contribution >= 0.6 is 0 Å².